The minimum atomic E-state index is 0.0985. The van der Waals surface area contributed by atoms with E-state index < -0.39 is 0 Å². The lowest BCUT2D eigenvalue weighted by Crippen LogP contribution is -2.52. The van der Waals surface area contributed by atoms with Gasteiger partial charge in [-0.3, -0.25) is 19.5 Å². The molecule has 1 amide bonds. The third kappa shape index (κ3) is 6.30. The number of carbonyl (C=O) groups is 1. The fraction of sp³-hybridized carbons (Fsp3) is 0.682. The number of nitrogens with zero attached hydrogens (tertiary/aromatic N) is 3. The molecule has 1 N–H and O–H groups in total. The molecule has 1 atom stereocenters. The van der Waals surface area contributed by atoms with Crippen molar-refractivity contribution in [2.24, 2.45) is 0 Å². The average molecular weight is 373 g/mol. The molecule has 0 bridgehead atoms. The van der Waals surface area contributed by atoms with Gasteiger partial charge in [0.2, 0.25) is 5.91 Å². The number of rotatable bonds is 8. The molecule has 0 radical (unpaired) electrons. The van der Waals surface area contributed by atoms with Crippen LogP contribution in [0.3, 0.4) is 0 Å². The van der Waals surface area contributed by atoms with Crippen molar-refractivity contribution in [2.45, 2.75) is 45.2 Å². The van der Waals surface area contributed by atoms with Crippen LogP contribution >= 0.6 is 0 Å². The molecule has 0 saturated carbocycles. The van der Waals surface area contributed by atoms with Crippen LogP contribution in [-0.2, 0) is 11.3 Å². The largest absolute Gasteiger partial charge is 0.353 e. The zero-order valence-corrected chi connectivity index (χ0v) is 16.9. The van der Waals surface area contributed by atoms with E-state index in [1.807, 2.05) is 0 Å². The maximum atomic E-state index is 12.6. The lowest BCUT2D eigenvalue weighted by molar-refractivity contribution is -0.127. The van der Waals surface area contributed by atoms with E-state index in [-0.39, 0.29) is 11.9 Å². The molecular formula is C22H36N4O. The molecule has 2 saturated heterocycles. The van der Waals surface area contributed by atoms with Gasteiger partial charge in [0.15, 0.2) is 0 Å². The number of benzene rings is 1. The number of likely N-dealkylation sites (tertiary alicyclic amines) is 1. The maximum absolute atomic E-state index is 12.6. The van der Waals surface area contributed by atoms with Crippen LogP contribution in [0.25, 0.3) is 0 Å². The first-order valence-electron chi connectivity index (χ1n) is 10.8. The summed E-state index contributed by atoms with van der Waals surface area (Å²) in [6, 6.07) is 10.8. The molecule has 2 aliphatic heterocycles. The Morgan fingerprint density at radius 1 is 1.00 bits per heavy atom. The van der Waals surface area contributed by atoms with Crippen LogP contribution in [0.5, 0.6) is 0 Å². The summed E-state index contributed by atoms with van der Waals surface area (Å²) in [6.45, 7) is 11.5. The van der Waals surface area contributed by atoms with Crippen LogP contribution in [0.15, 0.2) is 30.3 Å². The highest BCUT2D eigenvalue weighted by Gasteiger charge is 2.27. The van der Waals surface area contributed by atoms with Gasteiger partial charge in [0.25, 0.3) is 0 Å². The van der Waals surface area contributed by atoms with E-state index in [2.05, 4.69) is 57.3 Å². The highest BCUT2D eigenvalue weighted by molar-refractivity contribution is 5.81. The number of hydrogen-bond acceptors (Lipinski definition) is 4. The van der Waals surface area contributed by atoms with E-state index in [1.165, 1.54) is 18.4 Å². The van der Waals surface area contributed by atoms with Gasteiger partial charge in [0.1, 0.15) is 0 Å². The smallest absolute Gasteiger partial charge is 0.237 e. The monoisotopic (exact) mass is 372 g/mol. The zero-order chi connectivity index (χ0) is 18.9. The fourth-order valence-corrected chi connectivity index (χ4v) is 4.31. The van der Waals surface area contributed by atoms with E-state index in [1.54, 1.807) is 0 Å². The Morgan fingerprint density at radius 2 is 1.74 bits per heavy atom. The highest BCUT2D eigenvalue weighted by atomic mass is 16.2. The van der Waals surface area contributed by atoms with Gasteiger partial charge < -0.3 is 5.32 Å². The van der Waals surface area contributed by atoms with Crippen LogP contribution in [0.4, 0.5) is 0 Å². The van der Waals surface area contributed by atoms with Crippen LogP contribution < -0.4 is 5.32 Å². The van der Waals surface area contributed by atoms with E-state index in [4.69, 9.17) is 0 Å². The topological polar surface area (TPSA) is 38.8 Å². The van der Waals surface area contributed by atoms with Gasteiger partial charge in [-0.05, 0) is 37.9 Å². The van der Waals surface area contributed by atoms with Gasteiger partial charge in [-0.15, -0.1) is 0 Å². The molecule has 0 aromatic heterocycles. The second-order valence-corrected chi connectivity index (χ2v) is 7.94. The molecule has 0 aliphatic carbocycles. The molecule has 1 aromatic carbocycles. The van der Waals surface area contributed by atoms with Gasteiger partial charge in [-0.25, -0.2) is 0 Å². The molecule has 2 fully saturated rings. The third-order valence-electron chi connectivity index (χ3n) is 5.87. The first kappa shape index (κ1) is 20.3. The first-order valence-corrected chi connectivity index (χ1v) is 10.8. The van der Waals surface area contributed by atoms with Gasteiger partial charge >= 0.3 is 0 Å². The Morgan fingerprint density at radius 3 is 2.48 bits per heavy atom. The third-order valence-corrected chi connectivity index (χ3v) is 5.87. The van der Waals surface area contributed by atoms with Gasteiger partial charge in [0.05, 0.1) is 6.04 Å². The van der Waals surface area contributed by atoms with Crippen LogP contribution in [0.2, 0.25) is 0 Å². The molecule has 2 heterocycles. The van der Waals surface area contributed by atoms with E-state index in [0.29, 0.717) is 0 Å². The van der Waals surface area contributed by atoms with Crippen molar-refractivity contribution in [3.05, 3.63) is 35.9 Å². The summed E-state index contributed by atoms with van der Waals surface area (Å²) >= 11 is 0. The van der Waals surface area contributed by atoms with Gasteiger partial charge in [0, 0.05) is 45.8 Å². The maximum Gasteiger partial charge on any atom is 0.237 e. The Kier molecular flexibility index (Phi) is 8.11. The van der Waals surface area contributed by atoms with Crippen molar-refractivity contribution in [2.75, 3.05) is 52.4 Å². The Balaban J connectivity index is 1.33. The molecule has 0 spiro atoms. The van der Waals surface area contributed by atoms with Crippen molar-refractivity contribution >= 4 is 5.91 Å². The van der Waals surface area contributed by atoms with Crippen molar-refractivity contribution in [3.63, 3.8) is 0 Å². The summed E-state index contributed by atoms with van der Waals surface area (Å²) in [5, 5.41) is 3.20. The lowest BCUT2D eigenvalue weighted by atomic mass is 10.0. The van der Waals surface area contributed by atoms with Crippen LogP contribution in [0, 0.1) is 0 Å². The summed E-state index contributed by atoms with van der Waals surface area (Å²) in [4.78, 5) is 20.0. The number of hydrogen-bond donors (Lipinski definition) is 1. The molecule has 27 heavy (non-hydrogen) atoms. The molecular weight excluding hydrogens is 336 g/mol. The van der Waals surface area contributed by atoms with Crippen LogP contribution in [0.1, 0.15) is 38.2 Å². The highest BCUT2D eigenvalue weighted by Crippen LogP contribution is 2.17. The summed E-state index contributed by atoms with van der Waals surface area (Å²) in [5.74, 6) is 0.242. The first-order chi connectivity index (χ1) is 13.3. The SMILES string of the molecule is CCCN1CCCCC1C(=O)NCCN1CCN(Cc2ccccc2)CC1. The Bertz CT molecular complexity index is 555. The minimum absolute atomic E-state index is 0.0985. The van der Waals surface area contributed by atoms with E-state index in [0.717, 1.165) is 71.7 Å². The standard InChI is InChI=1S/C22H36N4O/c1-2-12-26-13-7-6-10-21(26)22(27)23-11-14-24-15-17-25(18-16-24)19-20-8-4-3-5-9-20/h3-5,8-9,21H,2,6-7,10-19H2,1H3,(H,23,27). The number of nitrogens with one attached hydrogen (secondary N) is 1. The Labute approximate surface area is 164 Å². The van der Waals surface area contributed by atoms with E-state index in [9.17, 15) is 4.79 Å². The predicted molar refractivity (Wildman–Crippen MR) is 111 cm³/mol. The van der Waals surface area contributed by atoms with Crippen molar-refractivity contribution in [1.82, 2.24) is 20.0 Å². The van der Waals surface area contributed by atoms with Crippen molar-refractivity contribution in [1.29, 1.82) is 0 Å². The number of piperidine rings is 1. The molecule has 2 aliphatic rings. The van der Waals surface area contributed by atoms with Crippen molar-refractivity contribution < 1.29 is 4.79 Å². The minimum Gasteiger partial charge on any atom is -0.353 e. The molecule has 5 nitrogen and oxygen atoms in total. The molecule has 1 aromatic rings. The number of piperazine rings is 1. The van der Waals surface area contributed by atoms with Gasteiger partial charge in [-0.1, -0.05) is 43.7 Å². The van der Waals surface area contributed by atoms with Crippen LogP contribution in [-0.4, -0.2) is 79.0 Å². The number of amides is 1. The predicted octanol–water partition coefficient (Wildman–Crippen LogP) is 2.18. The second kappa shape index (κ2) is 10.8. The summed E-state index contributed by atoms with van der Waals surface area (Å²) in [5.41, 5.74) is 1.39. The summed E-state index contributed by atoms with van der Waals surface area (Å²) in [6.07, 6.45) is 4.56. The normalized spacial score (nSPS) is 22.6. The van der Waals surface area contributed by atoms with Gasteiger partial charge in [-0.2, -0.15) is 0 Å². The second-order valence-electron chi connectivity index (χ2n) is 7.94. The molecule has 1 unspecified atom stereocenters. The summed E-state index contributed by atoms with van der Waals surface area (Å²) < 4.78 is 0. The number of carbonyl (C=O) groups excluding carboxylic acids is 1. The lowest BCUT2D eigenvalue weighted by Gasteiger charge is -2.36. The zero-order valence-electron chi connectivity index (χ0n) is 16.9. The summed E-state index contributed by atoms with van der Waals surface area (Å²) in [7, 11) is 0. The van der Waals surface area contributed by atoms with E-state index >= 15 is 0 Å². The molecule has 3 rings (SSSR count). The fourth-order valence-electron chi connectivity index (χ4n) is 4.31. The molecule has 5 heteroatoms. The Hall–Kier alpha value is -1.43. The quantitative estimate of drug-likeness (QED) is 0.759. The molecule has 150 valence electrons. The van der Waals surface area contributed by atoms with Crippen molar-refractivity contribution in [3.8, 4) is 0 Å². The average Bonchev–Trinajstić information content (AvgIpc) is 2.71.